The summed E-state index contributed by atoms with van der Waals surface area (Å²) in [4.78, 5) is 38.1. The molecule has 0 aliphatic rings. The fourth-order valence-electron chi connectivity index (χ4n) is 8.78. The third kappa shape index (κ3) is 59.3. The summed E-state index contributed by atoms with van der Waals surface area (Å²) in [7, 11) is 0. The van der Waals surface area contributed by atoms with Gasteiger partial charge >= 0.3 is 17.9 Å². The summed E-state index contributed by atoms with van der Waals surface area (Å²) >= 11 is 0. The average Bonchev–Trinajstić information content (AvgIpc) is 3.39. The lowest BCUT2D eigenvalue weighted by atomic mass is 10.0. The predicted molar refractivity (Wildman–Crippen MR) is 316 cm³/mol. The molecule has 0 saturated heterocycles. The first kappa shape index (κ1) is 69.6. The van der Waals surface area contributed by atoms with E-state index in [0.29, 0.717) is 19.3 Å². The second-order valence-electron chi connectivity index (χ2n) is 20.6. The van der Waals surface area contributed by atoms with Gasteiger partial charge in [-0.1, -0.05) is 292 Å². The van der Waals surface area contributed by atoms with Crippen molar-refractivity contribution in [2.24, 2.45) is 0 Å². The molecule has 0 heterocycles. The Balaban J connectivity index is 4.15. The summed E-state index contributed by atoms with van der Waals surface area (Å²) in [5, 5.41) is 0. The van der Waals surface area contributed by atoms with Gasteiger partial charge in [0.15, 0.2) is 6.10 Å². The van der Waals surface area contributed by atoms with Gasteiger partial charge in [-0.2, -0.15) is 0 Å². The van der Waals surface area contributed by atoms with Crippen molar-refractivity contribution in [2.45, 2.75) is 309 Å². The first-order valence-electron chi connectivity index (χ1n) is 31.1. The van der Waals surface area contributed by atoms with E-state index in [1.54, 1.807) is 0 Å². The van der Waals surface area contributed by atoms with Gasteiger partial charge in [-0.05, 0) is 77.0 Å². The first-order chi connectivity index (χ1) is 36.0. The van der Waals surface area contributed by atoms with E-state index in [1.165, 1.54) is 154 Å². The molecular formula is C67H116O6. The van der Waals surface area contributed by atoms with E-state index in [0.717, 1.165) is 109 Å². The maximum Gasteiger partial charge on any atom is 0.306 e. The van der Waals surface area contributed by atoms with Crippen LogP contribution in [-0.2, 0) is 28.6 Å². The van der Waals surface area contributed by atoms with Gasteiger partial charge in [0.05, 0.1) is 0 Å². The van der Waals surface area contributed by atoms with Crippen LogP contribution in [-0.4, -0.2) is 37.2 Å². The molecule has 73 heavy (non-hydrogen) atoms. The Morgan fingerprint density at radius 2 is 0.534 bits per heavy atom. The van der Waals surface area contributed by atoms with E-state index in [2.05, 4.69) is 106 Å². The fourth-order valence-corrected chi connectivity index (χ4v) is 8.78. The second kappa shape index (κ2) is 61.1. The average molecular weight is 1020 g/mol. The van der Waals surface area contributed by atoms with E-state index >= 15 is 0 Å². The van der Waals surface area contributed by atoms with E-state index < -0.39 is 6.10 Å². The molecule has 0 spiro atoms. The number of unbranched alkanes of at least 4 members (excludes halogenated alkanes) is 31. The van der Waals surface area contributed by atoms with Gasteiger partial charge in [0, 0.05) is 19.3 Å². The van der Waals surface area contributed by atoms with Crippen LogP contribution < -0.4 is 0 Å². The zero-order chi connectivity index (χ0) is 52.9. The Bertz CT molecular complexity index is 1400. The second-order valence-corrected chi connectivity index (χ2v) is 20.6. The smallest absolute Gasteiger partial charge is 0.306 e. The van der Waals surface area contributed by atoms with Crippen LogP contribution >= 0.6 is 0 Å². The fraction of sp³-hybridized carbons (Fsp3) is 0.746. The lowest BCUT2D eigenvalue weighted by Gasteiger charge is -2.18. The molecule has 0 saturated carbocycles. The number of ether oxygens (including phenoxy) is 3. The highest BCUT2D eigenvalue weighted by molar-refractivity contribution is 5.71. The van der Waals surface area contributed by atoms with Crippen LogP contribution in [0.4, 0.5) is 0 Å². The lowest BCUT2D eigenvalue weighted by molar-refractivity contribution is -0.167. The number of hydrogen-bond donors (Lipinski definition) is 0. The number of allylic oxidation sites excluding steroid dienone is 14. The van der Waals surface area contributed by atoms with Crippen LogP contribution in [0.3, 0.4) is 0 Å². The van der Waals surface area contributed by atoms with Crippen LogP contribution in [0, 0.1) is 0 Å². The lowest BCUT2D eigenvalue weighted by Crippen LogP contribution is -2.30. The molecule has 0 bridgehead atoms. The van der Waals surface area contributed by atoms with Crippen molar-refractivity contribution in [3.8, 4) is 0 Å². The summed E-state index contributed by atoms with van der Waals surface area (Å²) < 4.78 is 16.8. The number of esters is 3. The SMILES string of the molecule is CC/C=C\C/C=C\C/C=C\C/C=C\C/C=C\C/C=C\C/C=C\CCCCCCCCCCCC(=O)OCC(COC(=O)CCCCCCCCCC)OC(=O)CCCCCCCCCCCCCCCCCC. The highest BCUT2D eigenvalue weighted by Gasteiger charge is 2.19. The van der Waals surface area contributed by atoms with Crippen molar-refractivity contribution in [1.82, 2.24) is 0 Å². The van der Waals surface area contributed by atoms with Gasteiger partial charge in [0.1, 0.15) is 13.2 Å². The number of hydrogen-bond acceptors (Lipinski definition) is 6. The van der Waals surface area contributed by atoms with Crippen molar-refractivity contribution in [2.75, 3.05) is 13.2 Å². The van der Waals surface area contributed by atoms with Crippen LogP contribution in [0.5, 0.6) is 0 Å². The minimum atomic E-state index is -0.774. The van der Waals surface area contributed by atoms with Crippen molar-refractivity contribution < 1.29 is 28.6 Å². The van der Waals surface area contributed by atoms with Crippen LogP contribution in [0.2, 0.25) is 0 Å². The molecule has 0 N–H and O–H groups in total. The summed E-state index contributed by atoms with van der Waals surface area (Å²) in [6.45, 7) is 6.52. The van der Waals surface area contributed by atoms with Crippen molar-refractivity contribution in [1.29, 1.82) is 0 Å². The highest BCUT2D eigenvalue weighted by atomic mass is 16.6. The van der Waals surface area contributed by atoms with E-state index in [-0.39, 0.29) is 31.1 Å². The molecule has 0 aliphatic heterocycles. The quantitative estimate of drug-likeness (QED) is 0.0261. The zero-order valence-corrected chi connectivity index (χ0v) is 48.1. The van der Waals surface area contributed by atoms with Crippen LogP contribution in [0.15, 0.2) is 85.1 Å². The first-order valence-corrected chi connectivity index (χ1v) is 31.1. The Kier molecular flexibility index (Phi) is 58.3. The molecule has 0 rings (SSSR count). The van der Waals surface area contributed by atoms with Crippen molar-refractivity contribution in [3.05, 3.63) is 85.1 Å². The molecule has 0 aromatic rings. The van der Waals surface area contributed by atoms with E-state index in [1.807, 2.05) is 0 Å². The van der Waals surface area contributed by atoms with Crippen molar-refractivity contribution in [3.63, 3.8) is 0 Å². The number of rotatable bonds is 56. The molecule has 0 radical (unpaired) electrons. The largest absolute Gasteiger partial charge is 0.462 e. The third-order valence-corrected chi connectivity index (χ3v) is 13.4. The monoisotopic (exact) mass is 1020 g/mol. The topological polar surface area (TPSA) is 78.9 Å². The summed E-state index contributed by atoms with van der Waals surface area (Å²) in [5.41, 5.74) is 0. The predicted octanol–water partition coefficient (Wildman–Crippen LogP) is 21.1. The zero-order valence-electron chi connectivity index (χ0n) is 48.1. The van der Waals surface area contributed by atoms with Crippen LogP contribution in [0.25, 0.3) is 0 Å². The van der Waals surface area contributed by atoms with Gasteiger partial charge in [-0.25, -0.2) is 0 Å². The summed E-state index contributed by atoms with van der Waals surface area (Å²) in [6, 6.07) is 0. The molecule has 0 aromatic carbocycles. The van der Waals surface area contributed by atoms with E-state index in [9.17, 15) is 14.4 Å². The molecule has 420 valence electrons. The summed E-state index contributed by atoms with van der Waals surface area (Å²) in [6.07, 6.45) is 80.3. The van der Waals surface area contributed by atoms with Gasteiger partial charge in [0.25, 0.3) is 0 Å². The maximum atomic E-state index is 12.8. The number of carbonyl (C=O) groups excluding carboxylic acids is 3. The molecule has 0 fully saturated rings. The Morgan fingerprint density at radius 3 is 0.836 bits per heavy atom. The highest BCUT2D eigenvalue weighted by Crippen LogP contribution is 2.16. The van der Waals surface area contributed by atoms with E-state index in [4.69, 9.17) is 14.2 Å². The van der Waals surface area contributed by atoms with Crippen molar-refractivity contribution >= 4 is 17.9 Å². The molecule has 6 heteroatoms. The van der Waals surface area contributed by atoms with Gasteiger partial charge in [-0.15, -0.1) is 0 Å². The Hall–Kier alpha value is -3.41. The van der Waals surface area contributed by atoms with Crippen LogP contribution in [0.1, 0.15) is 303 Å². The Labute approximate surface area is 452 Å². The molecule has 1 atom stereocenters. The molecule has 6 nitrogen and oxygen atoms in total. The minimum absolute atomic E-state index is 0.0738. The molecule has 1 unspecified atom stereocenters. The third-order valence-electron chi connectivity index (χ3n) is 13.4. The molecule has 0 aromatic heterocycles. The van der Waals surface area contributed by atoms with Gasteiger partial charge in [-0.3, -0.25) is 14.4 Å². The normalized spacial score (nSPS) is 12.6. The molecule has 0 amide bonds. The molecular weight excluding hydrogens is 901 g/mol. The number of carbonyl (C=O) groups is 3. The standard InChI is InChI=1S/C67H116O6/c1-4-7-10-13-16-19-21-23-25-27-28-29-30-31-32-33-34-35-36-37-38-39-40-41-43-44-46-48-51-54-57-60-66(69)72-63-64(62-71-65(68)59-56-53-50-18-15-12-9-6-3)73-67(70)61-58-55-52-49-47-45-42-26-24-22-20-17-14-11-8-5-2/h7,10,16,19,23,25,28-29,31-32,34-35,37-38,64H,4-6,8-9,11-15,17-18,20-22,24,26-27,30,33,36,39-63H2,1-3H3/b10-7-,19-16-,25-23-,29-28-,32-31-,35-34-,38-37-. The maximum absolute atomic E-state index is 12.8. The van der Waals surface area contributed by atoms with Gasteiger partial charge in [0.2, 0.25) is 0 Å². The van der Waals surface area contributed by atoms with Gasteiger partial charge < -0.3 is 14.2 Å². The Morgan fingerprint density at radius 1 is 0.288 bits per heavy atom. The summed E-state index contributed by atoms with van der Waals surface area (Å²) in [5.74, 6) is -0.873. The minimum Gasteiger partial charge on any atom is -0.462 e. The molecule has 0 aliphatic carbocycles.